The lowest BCUT2D eigenvalue weighted by Gasteiger charge is -2.16. The molecule has 146 valence electrons. The van der Waals surface area contributed by atoms with Gasteiger partial charge in [-0.15, -0.1) is 11.3 Å². The fourth-order valence-corrected chi connectivity index (χ4v) is 4.90. The van der Waals surface area contributed by atoms with Crippen molar-refractivity contribution in [3.8, 4) is 0 Å². The number of carbonyl (C=O) groups is 3. The molecule has 1 aliphatic carbocycles. The zero-order valence-electron chi connectivity index (χ0n) is 15.8. The third kappa shape index (κ3) is 3.80. The van der Waals surface area contributed by atoms with Crippen LogP contribution in [0, 0.1) is 5.92 Å². The van der Waals surface area contributed by atoms with Crippen LogP contribution in [0.5, 0.6) is 0 Å². The first-order chi connectivity index (χ1) is 13.5. The fourth-order valence-electron chi connectivity index (χ4n) is 3.80. The highest BCUT2D eigenvalue weighted by Gasteiger charge is 2.23. The SMILES string of the molecule is C[C@@H]1CCc2sc(C(=O)NNC(=O)c3cccc(N4CCCC4=O)c3)cc2C1. The van der Waals surface area contributed by atoms with Crippen LogP contribution in [0.2, 0.25) is 0 Å². The fraction of sp³-hybridized carbons (Fsp3) is 0.381. The van der Waals surface area contributed by atoms with Crippen molar-refractivity contribution in [2.75, 3.05) is 11.4 Å². The summed E-state index contributed by atoms with van der Waals surface area (Å²) in [7, 11) is 0. The van der Waals surface area contributed by atoms with E-state index in [4.69, 9.17) is 0 Å². The Morgan fingerprint density at radius 1 is 1.14 bits per heavy atom. The molecule has 0 spiro atoms. The predicted octanol–water partition coefficient (Wildman–Crippen LogP) is 3.07. The van der Waals surface area contributed by atoms with E-state index in [2.05, 4.69) is 17.8 Å². The minimum atomic E-state index is -0.406. The number of thiophene rings is 1. The van der Waals surface area contributed by atoms with Gasteiger partial charge < -0.3 is 4.90 Å². The lowest BCUT2D eigenvalue weighted by Crippen LogP contribution is -2.41. The number of hydrazine groups is 1. The van der Waals surface area contributed by atoms with Crippen molar-refractivity contribution in [1.82, 2.24) is 10.9 Å². The Bertz CT molecular complexity index is 937. The molecule has 3 amide bonds. The standard InChI is InChI=1S/C21H23N3O3S/c1-13-7-8-17-15(10-13)12-18(28-17)21(27)23-22-20(26)14-4-2-5-16(11-14)24-9-3-6-19(24)25/h2,4-5,11-13H,3,6-10H2,1H3,(H,22,26)(H,23,27)/t13-/m1/s1. The van der Waals surface area contributed by atoms with Gasteiger partial charge in [-0.05, 0) is 61.4 Å². The van der Waals surface area contributed by atoms with E-state index in [9.17, 15) is 14.4 Å². The topological polar surface area (TPSA) is 78.5 Å². The molecule has 2 heterocycles. The molecule has 0 unspecified atom stereocenters. The lowest BCUT2D eigenvalue weighted by molar-refractivity contribution is -0.117. The van der Waals surface area contributed by atoms with Crippen LogP contribution < -0.4 is 15.8 Å². The quantitative estimate of drug-likeness (QED) is 0.782. The normalized spacial score (nSPS) is 18.7. The second kappa shape index (κ2) is 7.75. The molecule has 1 aromatic heterocycles. The van der Waals surface area contributed by atoms with E-state index in [1.807, 2.05) is 12.1 Å². The number of nitrogens with one attached hydrogen (secondary N) is 2. The summed E-state index contributed by atoms with van der Waals surface area (Å²) in [6.45, 7) is 2.90. The summed E-state index contributed by atoms with van der Waals surface area (Å²) in [5, 5.41) is 0. The van der Waals surface area contributed by atoms with Gasteiger partial charge in [-0.3, -0.25) is 25.2 Å². The Hall–Kier alpha value is -2.67. The minimum Gasteiger partial charge on any atom is -0.312 e. The summed E-state index contributed by atoms with van der Waals surface area (Å²) in [6.07, 6.45) is 4.54. The molecule has 2 N–H and O–H groups in total. The average Bonchev–Trinajstić information content (AvgIpc) is 3.31. The Morgan fingerprint density at radius 3 is 2.75 bits per heavy atom. The van der Waals surface area contributed by atoms with Crippen LogP contribution in [-0.4, -0.2) is 24.3 Å². The van der Waals surface area contributed by atoms with Crippen LogP contribution in [-0.2, 0) is 17.6 Å². The number of amides is 3. The van der Waals surface area contributed by atoms with Gasteiger partial charge in [0.1, 0.15) is 0 Å². The van der Waals surface area contributed by atoms with Crippen LogP contribution in [0.3, 0.4) is 0 Å². The van der Waals surface area contributed by atoms with Gasteiger partial charge in [-0.25, -0.2) is 0 Å². The summed E-state index contributed by atoms with van der Waals surface area (Å²) in [5.74, 6) is 0.0115. The van der Waals surface area contributed by atoms with Gasteiger partial charge in [0.2, 0.25) is 5.91 Å². The van der Waals surface area contributed by atoms with Gasteiger partial charge >= 0.3 is 0 Å². The minimum absolute atomic E-state index is 0.0711. The molecule has 1 fully saturated rings. The van der Waals surface area contributed by atoms with E-state index in [0.717, 1.165) is 25.7 Å². The molecule has 4 rings (SSSR count). The Kier molecular flexibility index (Phi) is 5.17. The highest BCUT2D eigenvalue weighted by Crippen LogP contribution is 2.32. The van der Waals surface area contributed by atoms with Crippen LogP contribution in [0.4, 0.5) is 5.69 Å². The predicted molar refractivity (Wildman–Crippen MR) is 108 cm³/mol. The molecule has 1 aromatic carbocycles. The highest BCUT2D eigenvalue weighted by atomic mass is 32.1. The molecule has 2 aromatic rings. The van der Waals surface area contributed by atoms with E-state index in [1.165, 1.54) is 21.8 Å². The van der Waals surface area contributed by atoms with Crippen molar-refractivity contribution < 1.29 is 14.4 Å². The van der Waals surface area contributed by atoms with Crippen molar-refractivity contribution in [2.24, 2.45) is 5.92 Å². The summed E-state index contributed by atoms with van der Waals surface area (Å²) in [5.41, 5.74) is 7.35. The first-order valence-electron chi connectivity index (χ1n) is 9.64. The number of benzene rings is 1. The van der Waals surface area contributed by atoms with E-state index in [0.29, 0.717) is 35.0 Å². The third-order valence-electron chi connectivity index (χ3n) is 5.34. The second-order valence-electron chi connectivity index (χ2n) is 7.51. The van der Waals surface area contributed by atoms with Crippen molar-refractivity contribution in [2.45, 2.75) is 39.0 Å². The van der Waals surface area contributed by atoms with Gasteiger partial charge in [0.25, 0.3) is 11.8 Å². The average molecular weight is 398 g/mol. The molecule has 1 saturated heterocycles. The molecule has 0 radical (unpaired) electrons. The summed E-state index contributed by atoms with van der Waals surface area (Å²) in [6, 6.07) is 8.84. The Balaban J connectivity index is 1.39. The molecular formula is C21H23N3O3S. The second-order valence-corrected chi connectivity index (χ2v) is 8.65. The zero-order valence-corrected chi connectivity index (χ0v) is 16.6. The number of nitrogens with zero attached hydrogens (tertiary/aromatic N) is 1. The third-order valence-corrected chi connectivity index (χ3v) is 6.57. The maximum absolute atomic E-state index is 12.4. The van der Waals surface area contributed by atoms with Gasteiger partial charge in [0.05, 0.1) is 4.88 Å². The molecule has 7 heteroatoms. The van der Waals surface area contributed by atoms with E-state index in [-0.39, 0.29) is 11.8 Å². The van der Waals surface area contributed by atoms with E-state index >= 15 is 0 Å². The van der Waals surface area contributed by atoms with Crippen LogP contribution in [0.1, 0.15) is 56.7 Å². The van der Waals surface area contributed by atoms with Gasteiger partial charge in [-0.1, -0.05) is 13.0 Å². The molecule has 1 aliphatic heterocycles. The maximum Gasteiger partial charge on any atom is 0.279 e. The summed E-state index contributed by atoms with van der Waals surface area (Å²) in [4.78, 5) is 40.4. The maximum atomic E-state index is 12.4. The van der Waals surface area contributed by atoms with Gasteiger partial charge in [-0.2, -0.15) is 0 Å². The first-order valence-corrected chi connectivity index (χ1v) is 10.5. The highest BCUT2D eigenvalue weighted by molar-refractivity contribution is 7.14. The van der Waals surface area contributed by atoms with Crippen molar-refractivity contribution in [1.29, 1.82) is 0 Å². The Morgan fingerprint density at radius 2 is 1.96 bits per heavy atom. The van der Waals surface area contributed by atoms with Crippen molar-refractivity contribution >= 4 is 34.7 Å². The molecule has 0 bridgehead atoms. The first kappa shape index (κ1) is 18.7. The van der Waals surface area contributed by atoms with Crippen molar-refractivity contribution in [3.63, 3.8) is 0 Å². The van der Waals surface area contributed by atoms with Crippen molar-refractivity contribution in [3.05, 3.63) is 51.2 Å². The Labute approximate surface area is 167 Å². The molecular weight excluding hydrogens is 374 g/mol. The lowest BCUT2D eigenvalue weighted by atomic mass is 9.90. The smallest absolute Gasteiger partial charge is 0.279 e. The van der Waals surface area contributed by atoms with Crippen LogP contribution in [0.15, 0.2) is 30.3 Å². The number of carbonyl (C=O) groups excluding carboxylic acids is 3. The largest absolute Gasteiger partial charge is 0.312 e. The van der Waals surface area contributed by atoms with Gasteiger partial charge in [0.15, 0.2) is 0 Å². The number of aryl methyl sites for hydroxylation is 1. The zero-order chi connectivity index (χ0) is 19.7. The van der Waals surface area contributed by atoms with Crippen LogP contribution in [0.25, 0.3) is 0 Å². The van der Waals surface area contributed by atoms with E-state index in [1.54, 1.807) is 23.1 Å². The number of hydrogen-bond donors (Lipinski definition) is 2. The molecule has 1 atom stereocenters. The van der Waals surface area contributed by atoms with Crippen LogP contribution >= 0.6 is 11.3 Å². The summed E-state index contributed by atoms with van der Waals surface area (Å²) >= 11 is 1.50. The number of rotatable bonds is 3. The number of hydrogen-bond acceptors (Lipinski definition) is 4. The number of anilines is 1. The van der Waals surface area contributed by atoms with E-state index < -0.39 is 5.91 Å². The summed E-state index contributed by atoms with van der Waals surface area (Å²) < 4.78 is 0. The molecule has 28 heavy (non-hydrogen) atoms. The molecule has 2 aliphatic rings. The monoisotopic (exact) mass is 397 g/mol. The number of fused-ring (bicyclic) bond motifs is 1. The molecule has 6 nitrogen and oxygen atoms in total. The van der Waals surface area contributed by atoms with Gasteiger partial charge in [0, 0.05) is 29.1 Å². The molecule has 0 saturated carbocycles.